The highest BCUT2D eigenvalue weighted by Crippen LogP contribution is 2.23. The quantitative estimate of drug-likeness (QED) is 0.0455. The molecule has 0 aliphatic carbocycles. The Morgan fingerprint density at radius 3 is 1.46 bits per heavy atom. The van der Waals surface area contributed by atoms with E-state index < -0.39 is 12.1 Å². The van der Waals surface area contributed by atoms with E-state index in [0.29, 0.717) is 52.2 Å². The maximum absolute atomic E-state index is 12.9. The van der Waals surface area contributed by atoms with E-state index in [9.17, 15) is 19.2 Å². The number of carbonyl (C=O) groups is 4. The first-order chi connectivity index (χ1) is 32.8. The van der Waals surface area contributed by atoms with Crippen molar-refractivity contribution in [3.63, 3.8) is 0 Å². The molecule has 1 aliphatic heterocycles. The largest absolute Gasteiger partial charge is 0.460 e. The molecule has 1 fully saturated rings. The summed E-state index contributed by atoms with van der Waals surface area (Å²) >= 11 is 0. The Morgan fingerprint density at radius 2 is 0.985 bits per heavy atom. The van der Waals surface area contributed by atoms with E-state index in [1.54, 1.807) is 4.90 Å². The summed E-state index contributed by atoms with van der Waals surface area (Å²) < 4.78 is 23.4. The van der Waals surface area contributed by atoms with Crippen LogP contribution in [0.1, 0.15) is 271 Å². The number of nitrogens with one attached hydrogen (secondary N) is 2. The van der Waals surface area contributed by atoms with Gasteiger partial charge in [-0.1, -0.05) is 213 Å². The predicted molar refractivity (Wildman–Crippen MR) is 276 cm³/mol. The summed E-state index contributed by atoms with van der Waals surface area (Å²) in [5.41, 5.74) is 0. The number of rotatable bonds is 49. The van der Waals surface area contributed by atoms with E-state index in [2.05, 4.69) is 24.5 Å². The minimum Gasteiger partial charge on any atom is -0.460 e. The van der Waals surface area contributed by atoms with Crippen LogP contribution < -0.4 is 10.6 Å². The zero-order valence-corrected chi connectivity index (χ0v) is 44.3. The Balaban J connectivity index is 2.26. The maximum atomic E-state index is 12.9. The van der Waals surface area contributed by atoms with Crippen molar-refractivity contribution in [1.82, 2.24) is 15.5 Å². The van der Waals surface area contributed by atoms with Gasteiger partial charge < -0.3 is 34.5 Å². The van der Waals surface area contributed by atoms with Gasteiger partial charge in [0.25, 0.3) is 0 Å². The van der Waals surface area contributed by atoms with Crippen LogP contribution in [0.15, 0.2) is 0 Å². The topological polar surface area (TPSA) is 132 Å². The number of unbranched alkanes of at least 4 members (excludes halogenated alkanes) is 32. The maximum Gasteiger partial charge on any atom is 0.407 e. The zero-order chi connectivity index (χ0) is 48.7. The molecule has 0 aromatic rings. The molecule has 0 saturated carbocycles. The van der Waals surface area contributed by atoms with Crippen molar-refractivity contribution in [2.45, 2.75) is 289 Å². The molecular formula is C56H107N3O8. The van der Waals surface area contributed by atoms with Gasteiger partial charge in [-0.2, -0.15) is 0 Å². The number of carbonyl (C=O) groups excluding carboxylic acids is 4. The summed E-state index contributed by atoms with van der Waals surface area (Å²) in [5.74, 6) is -0.568. The molecule has 0 aromatic heterocycles. The normalized spacial score (nSPS) is 15.2. The summed E-state index contributed by atoms with van der Waals surface area (Å²) in [4.78, 5) is 50.9. The second-order valence-electron chi connectivity index (χ2n) is 19.9. The zero-order valence-electron chi connectivity index (χ0n) is 44.3. The standard InChI is InChI=1S/C56H107N3O8/c1-5-7-9-11-13-15-17-19-21-23-25-27-29-31-33-38-44-64-48-52(65-45-39-34-32-30-28-26-24-22-20-18-16-14-12-10-8-6-2)49-66-56(63)58-43-37-35-36-40-54(61)59-47-51(46-50(59)3)67-55(62)42-41-53(60)57-4/h50-52H,5-49H2,1-4H3,(H,57,60)(H,58,63)/t50-,51-,52?/m1/s1. The molecule has 0 radical (unpaired) electrons. The lowest BCUT2D eigenvalue weighted by molar-refractivity contribution is -0.150. The lowest BCUT2D eigenvalue weighted by Crippen LogP contribution is -2.34. The Labute approximate surface area is 412 Å². The molecule has 11 heteroatoms. The Bertz CT molecular complexity index is 1160. The van der Waals surface area contributed by atoms with E-state index >= 15 is 0 Å². The number of likely N-dealkylation sites (tertiary alicyclic amines) is 1. The monoisotopic (exact) mass is 950 g/mol. The summed E-state index contributed by atoms with van der Waals surface area (Å²) in [6, 6.07) is -0.00778. The van der Waals surface area contributed by atoms with Gasteiger partial charge in [-0.25, -0.2) is 4.79 Å². The van der Waals surface area contributed by atoms with Crippen LogP contribution >= 0.6 is 0 Å². The highest BCUT2D eigenvalue weighted by Gasteiger charge is 2.34. The number of hydrogen-bond donors (Lipinski definition) is 2. The average molecular weight is 950 g/mol. The van der Waals surface area contributed by atoms with Crippen molar-refractivity contribution in [2.24, 2.45) is 0 Å². The van der Waals surface area contributed by atoms with Crippen LogP contribution in [-0.2, 0) is 33.3 Å². The van der Waals surface area contributed by atoms with Crippen molar-refractivity contribution in [3.05, 3.63) is 0 Å². The predicted octanol–water partition coefficient (Wildman–Crippen LogP) is 14.3. The van der Waals surface area contributed by atoms with Crippen molar-refractivity contribution in [2.75, 3.05) is 46.6 Å². The molecule has 3 atom stereocenters. The van der Waals surface area contributed by atoms with Gasteiger partial charge in [-0.15, -0.1) is 0 Å². The number of alkyl carbamates (subject to hydrolysis) is 1. The minimum atomic E-state index is -0.452. The Hall–Kier alpha value is -2.40. The second kappa shape index (κ2) is 47.3. The van der Waals surface area contributed by atoms with E-state index in [1.165, 1.54) is 193 Å². The lowest BCUT2D eigenvalue weighted by atomic mass is 10.0. The number of esters is 1. The first-order valence-electron chi connectivity index (χ1n) is 28.6. The number of ether oxygens (including phenoxy) is 4. The summed E-state index contributed by atoms with van der Waals surface area (Å²) in [6.45, 7) is 9.34. The highest BCUT2D eigenvalue weighted by molar-refractivity contribution is 5.81. The summed E-state index contributed by atoms with van der Waals surface area (Å²) in [7, 11) is 1.54. The van der Waals surface area contributed by atoms with Crippen LogP contribution in [-0.4, -0.2) is 93.6 Å². The molecule has 2 N–H and O–H groups in total. The number of amides is 3. The molecule has 1 unspecified atom stereocenters. The van der Waals surface area contributed by atoms with Gasteiger partial charge in [0, 0.05) is 52.1 Å². The van der Waals surface area contributed by atoms with Crippen molar-refractivity contribution >= 4 is 23.9 Å². The van der Waals surface area contributed by atoms with Crippen LogP contribution in [0.3, 0.4) is 0 Å². The van der Waals surface area contributed by atoms with Crippen LogP contribution in [0.5, 0.6) is 0 Å². The fourth-order valence-electron chi connectivity index (χ4n) is 9.14. The molecule has 0 bridgehead atoms. The van der Waals surface area contributed by atoms with E-state index in [0.717, 1.165) is 32.1 Å². The Kier molecular flexibility index (Phi) is 44.2. The second-order valence-corrected chi connectivity index (χ2v) is 19.9. The summed E-state index contributed by atoms with van der Waals surface area (Å²) in [6.07, 6.45) is 45.2. The van der Waals surface area contributed by atoms with Gasteiger partial charge in [-0.05, 0) is 32.6 Å². The fraction of sp³-hybridized carbons (Fsp3) is 0.929. The molecule has 3 amide bonds. The lowest BCUT2D eigenvalue weighted by Gasteiger charge is -2.21. The molecule has 1 rings (SSSR count). The third-order valence-corrected chi connectivity index (χ3v) is 13.5. The first-order valence-corrected chi connectivity index (χ1v) is 28.6. The van der Waals surface area contributed by atoms with Crippen LogP contribution in [0.2, 0.25) is 0 Å². The van der Waals surface area contributed by atoms with Gasteiger partial charge in [0.1, 0.15) is 18.8 Å². The van der Waals surface area contributed by atoms with Gasteiger partial charge >= 0.3 is 12.1 Å². The van der Waals surface area contributed by atoms with Gasteiger partial charge in [0.05, 0.1) is 19.6 Å². The van der Waals surface area contributed by atoms with E-state index in [1.807, 2.05) is 6.92 Å². The Morgan fingerprint density at radius 1 is 0.537 bits per heavy atom. The van der Waals surface area contributed by atoms with Crippen LogP contribution in [0.4, 0.5) is 4.79 Å². The molecule has 67 heavy (non-hydrogen) atoms. The highest BCUT2D eigenvalue weighted by atomic mass is 16.6. The minimum absolute atomic E-state index is 0.00778. The third-order valence-electron chi connectivity index (χ3n) is 13.5. The van der Waals surface area contributed by atoms with Crippen LogP contribution in [0, 0.1) is 0 Å². The number of nitrogens with zero attached hydrogens (tertiary/aromatic N) is 1. The summed E-state index contributed by atoms with van der Waals surface area (Å²) in [5, 5.41) is 5.36. The van der Waals surface area contributed by atoms with Crippen molar-refractivity contribution < 1.29 is 38.1 Å². The smallest absolute Gasteiger partial charge is 0.407 e. The molecule has 1 aliphatic rings. The first kappa shape index (κ1) is 62.6. The molecule has 394 valence electrons. The molecule has 11 nitrogen and oxygen atoms in total. The van der Waals surface area contributed by atoms with Crippen molar-refractivity contribution in [1.29, 1.82) is 0 Å². The molecule has 0 spiro atoms. The molecular weight excluding hydrogens is 843 g/mol. The molecule has 1 saturated heterocycles. The van der Waals surface area contributed by atoms with Crippen LogP contribution in [0.25, 0.3) is 0 Å². The van der Waals surface area contributed by atoms with E-state index in [4.69, 9.17) is 18.9 Å². The third kappa shape index (κ3) is 40.1. The molecule has 1 heterocycles. The van der Waals surface area contributed by atoms with E-state index in [-0.39, 0.29) is 49.5 Å². The molecule has 0 aromatic carbocycles. The number of hydrogen-bond acceptors (Lipinski definition) is 8. The van der Waals surface area contributed by atoms with Crippen molar-refractivity contribution in [3.8, 4) is 0 Å². The van der Waals surface area contributed by atoms with Gasteiger partial charge in [0.15, 0.2) is 0 Å². The van der Waals surface area contributed by atoms with Gasteiger partial charge in [0.2, 0.25) is 11.8 Å². The fourth-order valence-corrected chi connectivity index (χ4v) is 9.14. The average Bonchev–Trinajstić information content (AvgIpc) is 3.70. The SMILES string of the molecule is CCCCCCCCCCCCCCCCCCOCC(COC(=O)NCCCCCC(=O)N1C[C@H](OC(=O)CCC(=O)NC)C[C@H]1C)OCCCCCCCCCCCCCCCCCC. The van der Waals surface area contributed by atoms with Gasteiger partial charge in [-0.3, -0.25) is 14.4 Å².